The normalized spacial score (nSPS) is 12.0. The van der Waals surface area contributed by atoms with Crippen molar-refractivity contribution in [1.82, 2.24) is 0 Å². The summed E-state index contributed by atoms with van der Waals surface area (Å²) >= 11 is 1.46. The van der Waals surface area contributed by atoms with Crippen LogP contribution in [-0.4, -0.2) is 3.21 Å². The van der Waals surface area contributed by atoms with E-state index in [1.807, 2.05) is 0 Å². The molecule has 0 fully saturated rings. The van der Waals surface area contributed by atoms with Crippen LogP contribution >= 0.6 is 0 Å². The predicted octanol–water partition coefficient (Wildman–Crippen LogP) is 9.46. The Morgan fingerprint density at radius 3 is 1.79 bits per heavy atom. The first-order valence-corrected chi connectivity index (χ1v) is 13.7. The number of fused-ring (bicyclic) bond motifs is 3. The van der Waals surface area contributed by atoms with E-state index in [0.717, 1.165) is 12.8 Å². The molecule has 2 aliphatic carbocycles. The summed E-state index contributed by atoms with van der Waals surface area (Å²) in [5.74, 6) is 0. The van der Waals surface area contributed by atoms with Gasteiger partial charge in [-0.15, -0.1) is 24.5 Å². The number of benzene rings is 4. The number of hydrogen-bond acceptors (Lipinski definition) is 0. The van der Waals surface area contributed by atoms with E-state index in [0.29, 0.717) is 0 Å². The molecule has 2 aliphatic rings. The maximum absolute atomic E-state index is 3.45. The molecule has 0 radical (unpaired) electrons. The Morgan fingerprint density at radius 1 is 0.711 bits per heavy atom. The van der Waals surface area contributed by atoms with Crippen LogP contribution in [0.3, 0.4) is 0 Å². The van der Waals surface area contributed by atoms with Gasteiger partial charge in [0.2, 0.25) is 0 Å². The molecule has 0 saturated heterocycles. The van der Waals surface area contributed by atoms with Crippen LogP contribution in [0.15, 0.2) is 108 Å². The number of rotatable bonds is 2. The Labute approximate surface area is 246 Å². The van der Waals surface area contributed by atoms with Crippen LogP contribution in [0.1, 0.15) is 53.6 Å². The molecule has 1 heteroatoms. The number of aryl methyl sites for hydroxylation is 2. The van der Waals surface area contributed by atoms with Crippen molar-refractivity contribution in [3.8, 4) is 11.1 Å². The standard InChI is InChI=1S/C15H13.C13H10.C7H9.2CH3.Zr/c1-10-3-5-14-12(7-10)9-13-8-11(2)4-6-15(13)14;1-3-7-12(8-4-1)11-13-9-5-2-6-10-13;1-6-4-3-5-7(6)2;;;/h3-7H,9H2,1-2H3;1-10H;4H,5H2,1-2H3;2*1H3;/q-1;;3*-1;. The van der Waals surface area contributed by atoms with E-state index < -0.39 is 0 Å². The van der Waals surface area contributed by atoms with Crippen molar-refractivity contribution in [3.05, 3.63) is 169 Å². The van der Waals surface area contributed by atoms with Gasteiger partial charge in [-0.2, -0.15) is 29.3 Å². The van der Waals surface area contributed by atoms with Crippen molar-refractivity contribution in [1.29, 1.82) is 0 Å². The van der Waals surface area contributed by atoms with E-state index in [2.05, 4.69) is 137 Å². The molecule has 0 spiro atoms. The van der Waals surface area contributed by atoms with Crippen molar-refractivity contribution in [2.75, 3.05) is 0 Å². The third-order valence-corrected chi connectivity index (χ3v) is 7.99. The van der Waals surface area contributed by atoms with Crippen molar-refractivity contribution in [2.45, 2.75) is 40.5 Å². The molecule has 0 saturated carbocycles. The molecule has 0 nitrogen and oxygen atoms in total. The quantitative estimate of drug-likeness (QED) is 0.185. The average molecular weight is 574 g/mol. The number of hydrogen-bond donors (Lipinski definition) is 0. The zero-order valence-electron chi connectivity index (χ0n) is 23.7. The molecule has 0 atom stereocenters. The maximum atomic E-state index is 3.45. The van der Waals surface area contributed by atoms with E-state index in [-0.39, 0.29) is 14.9 Å². The van der Waals surface area contributed by atoms with Crippen LogP contribution < -0.4 is 0 Å². The number of allylic oxidation sites excluding steroid dienone is 4. The van der Waals surface area contributed by atoms with E-state index in [9.17, 15) is 0 Å². The third-order valence-electron chi connectivity index (χ3n) is 6.58. The van der Waals surface area contributed by atoms with Crippen molar-refractivity contribution < 1.29 is 24.2 Å². The van der Waals surface area contributed by atoms with E-state index in [4.69, 9.17) is 0 Å². The summed E-state index contributed by atoms with van der Waals surface area (Å²) in [4.78, 5) is 0. The molecule has 0 unspecified atom stereocenters. The van der Waals surface area contributed by atoms with Crippen LogP contribution in [0.25, 0.3) is 11.1 Å². The summed E-state index contributed by atoms with van der Waals surface area (Å²) in [5, 5.41) is 0. The SMILES string of the molecule is CC1=C(C)C[C-]=C1.Cc1[c-]c2c(cc1)-c1ccc(C)cc1C2.[CH3-].[CH3-].[Zr]=[C](c1ccccc1)c1ccccc1. The fourth-order valence-electron chi connectivity index (χ4n) is 4.37. The van der Waals surface area contributed by atoms with E-state index >= 15 is 0 Å². The Kier molecular flexibility index (Phi) is 12.3. The Balaban J connectivity index is 0.000000207. The van der Waals surface area contributed by atoms with Crippen molar-refractivity contribution in [2.24, 2.45) is 0 Å². The van der Waals surface area contributed by atoms with Crippen molar-refractivity contribution in [3.63, 3.8) is 0 Å². The molecule has 0 heterocycles. The van der Waals surface area contributed by atoms with Crippen molar-refractivity contribution >= 4 is 3.21 Å². The van der Waals surface area contributed by atoms with Crippen LogP contribution in [-0.2, 0) is 30.7 Å². The second-order valence-corrected chi connectivity index (χ2v) is 10.7. The second-order valence-electron chi connectivity index (χ2n) is 9.47. The van der Waals surface area contributed by atoms with Gasteiger partial charge in [-0.1, -0.05) is 43.2 Å². The molecule has 6 rings (SSSR count). The molecule has 0 bridgehead atoms. The van der Waals surface area contributed by atoms with Gasteiger partial charge < -0.3 is 14.9 Å². The molecule has 0 aromatic heterocycles. The molecular weight excluding hydrogens is 536 g/mol. The van der Waals surface area contributed by atoms with Gasteiger partial charge in [0, 0.05) is 0 Å². The van der Waals surface area contributed by atoms with Crippen LogP contribution in [0, 0.1) is 40.8 Å². The van der Waals surface area contributed by atoms with Crippen LogP contribution in [0.2, 0.25) is 0 Å². The van der Waals surface area contributed by atoms with Gasteiger partial charge in [-0.05, 0) is 18.9 Å². The fraction of sp³-hybridized carbons (Fsp3) is 0.162. The molecule has 4 aromatic carbocycles. The van der Waals surface area contributed by atoms with Gasteiger partial charge >= 0.3 is 99.2 Å². The summed E-state index contributed by atoms with van der Waals surface area (Å²) in [7, 11) is 0. The van der Waals surface area contributed by atoms with E-state index in [1.165, 1.54) is 83.1 Å². The Hall–Kier alpha value is -2.89. The monoisotopic (exact) mass is 572 g/mol. The molecule has 0 aliphatic heterocycles. The summed E-state index contributed by atoms with van der Waals surface area (Å²) in [6, 6.07) is 35.6. The van der Waals surface area contributed by atoms with Gasteiger partial charge in [0.05, 0.1) is 0 Å². The van der Waals surface area contributed by atoms with Gasteiger partial charge in [0.25, 0.3) is 0 Å². The summed E-state index contributed by atoms with van der Waals surface area (Å²) < 4.78 is 1.42. The fourth-order valence-corrected chi connectivity index (χ4v) is 5.19. The van der Waals surface area contributed by atoms with E-state index in [1.54, 1.807) is 0 Å². The summed E-state index contributed by atoms with van der Waals surface area (Å²) in [6.45, 7) is 8.52. The van der Waals surface area contributed by atoms with Gasteiger partial charge in [-0.25, -0.2) is 11.6 Å². The Bertz CT molecular complexity index is 1320. The minimum absolute atomic E-state index is 0. The molecule has 0 N–H and O–H groups in total. The first-order valence-electron chi connectivity index (χ1n) is 12.5. The van der Waals surface area contributed by atoms with Gasteiger partial charge in [0.1, 0.15) is 0 Å². The van der Waals surface area contributed by atoms with Gasteiger partial charge in [0.15, 0.2) is 0 Å². The van der Waals surface area contributed by atoms with Crippen LogP contribution in [0.4, 0.5) is 0 Å². The first kappa shape index (κ1) is 31.3. The zero-order valence-corrected chi connectivity index (χ0v) is 26.1. The molecule has 4 aromatic rings. The molecule has 38 heavy (non-hydrogen) atoms. The third kappa shape index (κ3) is 8.05. The summed E-state index contributed by atoms with van der Waals surface area (Å²) in [5.41, 5.74) is 13.7. The summed E-state index contributed by atoms with van der Waals surface area (Å²) in [6.07, 6.45) is 7.27. The van der Waals surface area contributed by atoms with Crippen LogP contribution in [0.5, 0.6) is 0 Å². The molecular formula is C37H38Zr-4. The second kappa shape index (κ2) is 14.9. The first-order chi connectivity index (χ1) is 17.4. The average Bonchev–Trinajstić information content (AvgIpc) is 3.45. The zero-order chi connectivity index (χ0) is 25.5. The Morgan fingerprint density at radius 2 is 1.29 bits per heavy atom. The topological polar surface area (TPSA) is 0 Å². The molecule has 194 valence electrons. The molecule has 0 amide bonds. The predicted molar refractivity (Wildman–Crippen MR) is 163 cm³/mol. The minimum atomic E-state index is 0. The van der Waals surface area contributed by atoms with Gasteiger partial charge in [-0.3, -0.25) is 6.08 Å².